The average molecular weight is 330 g/mol. The molecule has 0 spiro atoms. The van der Waals surface area contributed by atoms with Crippen molar-refractivity contribution in [1.82, 2.24) is 9.88 Å². The van der Waals surface area contributed by atoms with Gasteiger partial charge in [-0.2, -0.15) is 0 Å². The van der Waals surface area contributed by atoms with Crippen LogP contribution in [-0.2, 0) is 13.0 Å². The van der Waals surface area contributed by atoms with Crippen LogP contribution in [0.5, 0.6) is 0 Å². The highest BCUT2D eigenvalue weighted by Gasteiger charge is 2.25. The molecule has 0 bridgehead atoms. The number of nitrogens with one attached hydrogen (secondary N) is 1. The number of fused-ring (bicyclic) bond motifs is 1. The van der Waals surface area contributed by atoms with Crippen molar-refractivity contribution < 1.29 is 19.1 Å². The second-order valence-electron chi connectivity index (χ2n) is 6.05. The third-order valence-electron chi connectivity index (χ3n) is 4.43. The van der Waals surface area contributed by atoms with E-state index < -0.39 is 5.97 Å². The molecule has 0 saturated heterocycles. The number of aromatic carboxylic acids is 1. The molecule has 1 amide bonds. The molecule has 1 aliphatic heterocycles. The molecule has 2 aromatic rings. The van der Waals surface area contributed by atoms with E-state index in [0.29, 0.717) is 24.4 Å². The predicted molar refractivity (Wildman–Crippen MR) is 86.6 cm³/mol. The van der Waals surface area contributed by atoms with Gasteiger partial charge in [0.05, 0.1) is 11.6 Å². The highest BCUT2D eigenvalue weighted by molar-refractivity contribution is 5.98. The Labute approximate surface area is 139 Å². The summed E-state index contributed by atoms with van der Waals surface area (Å²) >= 11 is 0. The standard InChI is InChI=1S/C18H19FN2O3/c1-11(12-5-7-13(19)8-6-12)20-17(22)16-10-14(18(23)24)15-4-2-3-9-21(15)16/h5-8,10-11H,2-4,9H2,1H3,(H,20,22)(H,23,24)/t11-/m1/s1. The highest BCUT2D eigenvalue weighted by atomic mass is 19.1. The maximum absolute atomic E-state index is 13.0. The summed E-state index contributed by atoms with van der Waals surface area (Å²) in [6, 6.07) is 7.09. The summed E-state index contributed by atoms with van der Waals surface area (Å²) in [6.07, 6.45) is 2.52. The van der Waals surface area contributed by atoms with Crippen LogP contribution in [0.1, 0.15) is 57.9 Å². The SMILES string of the molecule is C[C@@H](NC(=O)c1cc(C(=O)O)c2n1CCCC2)c1ccc(F)cc1. The van der Waals surface area contributed by atoms with Crippen molar-refractivity contribution in [2.75, 3.05) is 0 Å². The number of benzene rings is 1. The zero-order chi connectivity index (χ0) is 17.3. The molecule has 24 heavy (non-hydrogen) atoms. The van der Waals surface area contributed by atoms with E-state index in [0.717, 1.165) is 18.4 Å². The van der Waals surface area contributed by atoms with Gasteiger partial charge in [0.1, 0.15) is 11.5 Å². The van der Waals surface area contributed by atoms with Crippen molar-refractivity contribution in [3.05, 3.63) is 58.7 Å². The van der Waals surface area contributed by atoms with Crippen LogP contribution in [0.15, 0.2) is 30.3 Å². The number of carboxylic acids is 1. The van der Waals surface area contributed by atoms with Gasteiger partial charge in [0, 0.05) is 12.2 Å². The molecular weight excluding hydrogens is 311 g/mol. The van der Waals surface area contributed by atoms with Gasteiger partial charge in [-0.05, 0) is 49.9 Å². The van der Waals surface area contributed by atoms with Gasteiger partial charge in [-0.15, -0.1) is 0 Å². The summed E-state index contributed by atoms with van der Waals surface area (Å²) in [5.41, 5.74) is 2.08. The zero-order valence-corrected chi connectivity index (χ0v) is 13.4. The van der Waals surface area contributed by atoms with Gasteiger partial charge < -0.3 is 15.0 Å². The number of aromatic nitrogens is 1. The van der Waals surface area contributed by atoms with Gasteiger partial charge in [0.15, 0.2) is 0 Å². The number of halogens is 1. The molecule has 0 fully saturated rings. The van der Waals surface area contributed by atoms with Gasteiger partial charge in [0.25, 0.3) is 5.91 Å². The fourth-order valence-corrected chi connectivity index (χ4v) is 3.15. The van der Waals surface area contributed by atoms with Gasteiger partial charge in [-0.1, -0.05) is 12.1 Å². The maximum Gasteiger partial charge on any atom is 0.337 e. The molecule has 2 heterocycles. The van der Waals surface area contributed by atoms with Gasteiger partial charge in [0.2, 0.25) is 0 Å². The average Bonchev–Trinajstić information content (AvgIpc) is 2.95. The number of rotatable bonds is 4. The van der Waals surface area contributed by atoms with Crippen LogP contribution in [0.4, 0.5) is 4.39 Å². The Morgan fingerprint density at radius 2 is 1.96 bits per heavy atom. The summed E-state index contributed by atoms with van der Waals surface area (Å²) in [6.45, 7) is 2.46. The van der Waals surface area contributed by atoms with Crippen LogP contribution in [0.3, 0.4) is 0 Å². The smallest absolute Gasteiger partial charge is 0.337 e. The van der Waals surface area contributed by atoms with E-state index in [4.69, 9.17) is 0 Å². The number of carbonyl (C=O) groups is 2. The molecule has 6 heteroatoms. The van der Waals surface area contributed by atoms with Crippen LogP contribution >= 0.6 is 0 Å². The molecular formula is C18H19FN2O3. The molecule has 1 aromatic heterocycles. The molecule has 126 valence electrons. The van der Waals surface area contributed by atoms with Crippen LogP contribution in [0.25, 0.3) is 0 Å². The topological polar surface area (TPSA) is 71.3 Å². The third kappa shape index (κ3) is 3.04. The number of hydrogen-bond acceptors (Lipinski definition) is 2. The third-order valence-corrected chi connectivity index (χ3v) is 4.43. The lowest BCUT2D eigenvalue weighted by Crippen LogP contribution is -2.29. The van der Waals surface area contributed by atoms with E-state index >= 15 is 0 Å². The van der Waals surface area contributed by atoms with E-state index in [1.54, 1.807) is 16.7 Å². The Balaban J connectivity index is 1.85. The number of carbonyl (C=O) groups excluding carboxylic acids is 1. The second-order valence-corrected chi connectivity index (χ2v) is 6.05. The summed E-state index contributed by atoms with van der Waals surface area (Å²) in [7, 11) is 0. The number of amides is 1. The summed E-state index contributed by atoms with van der Waals surface area (Å²) in [4.78, 5) is 24.0. The Bertz CT molecular complexity index is 780. The van der Waals surface area contributed by atoms with Crippen LogP contribution in [0.2, 0.25) is 0 Å². The monoisotopic (exact) mass is 330 g/mol. The highest BCUT2D eigenvalue weighted by Crippen LogP contribution is 2.24. The molecule has 2 N–H and O–H groups in total. The van der Waals surface area contributed by atoms with E-state index in [1.165, 1.54) is 18.2 Å². The summed E-state index contributed by atoms with van der Waals surface area (Å²) in [5.74, 6) is -1.65. The Morgan fingerprint density at radius 3 is 2.62 bits per heavy atom. The Hall–Kier alpha value is -2.63. The van der Waals surface area contributed by atoms with Crippen molar-refractivity contribution in [1.29, 1.82) is 0 Å². The van der Waals surface area contributed by atoms with Gasteiger partial charge >= 0.3 is 5.97 Å². The quantitative estimate of drug-likeness (QED) is 0.904. The molecule has 0 unspecified atom stereocenters. The van der Waals surface area contributed by atoms with Gasteiger partial charge in [-0.25, -0.2) is 9.18 Å². The van der Waals surface area contributed by atoms with Crippen molar-refractivity contribution in [3.63, 3.8) is 0 Å². The van der Waals surface area contributed by atoms with E-state index in [2.05, 4.69) is 5.32 Å². The fraction of sp³-hybridized carbons (Fsp3) is 0.333. The van der Waals surface area contributed by atoms with Crippen LogP contribution in [0, 0.1) is 5.82 Å². The molecule has 1 aliphatic rings. The molecule has 1 aromatic carbocycles. The number of carboxylic acid groups (broad SMARTS) is 1. The lowest BCUT2D eigenvalue weighted by Gasteiger charge is -2.19. The first kappa shape index (κ1) is 16.2. The first-order valence-corrected chi connectivity index (χ1v) is 7.99. The first-order valence-electron chi connectivity index (χ1n) is 7.99. The van der Waals surface area contributed by atoms with Crippen molar-refractivity contribution in [3.8, 4) is 0 Å². The fourth-order valence-electron chi connectivity index (χ4n) is 3.15. The molecule has 0 radical (unpaired) electrons. The first-order chi connectivity index (χ1) is 11.5. The molecule has 5 nitrogen and oxygen atoms in total. The Kier molecular flexibility index (Phi) is 4.38. The maximum atomic E-state index is 13.0. The minimum absolute atomic E-state index is 0.203. The van der Waals surface area contributed by atoms with E-state index in [1.807, 2.05) is 6.92 Å². The van der Waals surface area contributed by atoms with Gasteiger partial charge in [-0.3, -0.25) is 4.79 Å². The lowest BCUT2D eigenvalue weighted by atomic mass is 10.1. The van der Waals surface area contributed by atoms with Crippen molar-refractivity contribution >= 4 is 11.9 Å². The van der Waals surface area contributed by atoms with Crippen LogP contribution in [-0.4, -0.2) is 21.6 Å². The lowest BCUT2D eigenvalue weighted by molar-refractivity contribution is 0.0695. The summed E-state index contributed by atoms with van der Waals surface area (Å²) < 4.78 is 14.8. The predicted octanol–water partition coefficient (Wildman–Crippen LogP) is 3.15. The molecule has 3 rings (SSSR count). The number of nitrogens with zero attached hydrogens (tertiary/aromatic N) is 1. The van der Waals surface area contributed by atoms with Crippen LogP contribution < -0.4 is 5.32 Å². The number of hydrogen-bond donors (Lipinski definition) is 2. The zero-order valence-electron chi connectivity index (χ0n) is 13.4. The van der Waals surface area contributed by atoms with Crippen molar-refractivity contribution in [2.45, 2.75) is 38.8 Å². The van der Waals surface area contributed by atoms with E-state index in [-0.39, 0.29) is 23.3 Å². The minimum Gasteiger partial charge on any atom is -0.478 e. The minimum atomic E-state index is -1.01. The Morgan fingerprint density at radius 1 is 1.25 bits per heavy atom. The normalized spacial score (nSPS) is 14.8. The summed E-state index contributed by atoms with van der Waals surface area (Å²) in [5, 5.41) is 12.2. The molecule has 1 atom stereocenters. The molecule has 0 aliphatic carbocycles. The van der Waals surface area contributed by atoms with E-state index in [9.17, 15) is 19.1 Å². The largest absolute Gasteiger partial charge is 0.478 e. The second kappa shape index (κ2) is 6.47. The molecule has 0 saturated carbocycles. The van der Waals surface area contributed by atoms with Crippen molar-refractivity contribution in [2.24, 2.45) is 0 Å².